The quantitative estimate of drug-likeness (QED) is 0.434. The number of nitrogens with one attached hydrogen (secondary N) is 2. The number of carbonyl (C=O) groups is 1. The lowest BCUT2D eigenvalue weighted by atomic mass is 10.4. The number of hydrogen-bond acceptors (Lipinski definition) is 4. The van der Waals surface area contributed by atoms with Gasteiger partial charge in [-0.05, 0) is 0 Å². The fourth-order valence-electron chi connectivity index (χ4n) is 1.57. The second-order valence-corrected chi connectivity index (χ2v) is 5.27. The summed E-state index contributed by atoms with van der Waals surface area (Å²) in [7, 11) is 5.11. The van der Waals surface area contributed by atoms with Crippen molar-refractivity contribution in [1.82, 2.24) is 24.9 Å². The SMILES string of the molecule is CN=C(NCC(=O)N(C)C)NCc1cn2ccsc2n1.I. The molecule has 0 bridgehead atoms. The second-order valence-electron chi connectivity index (χ2n) is 4.39. The number of fused-ring (bicyclic) bond motifs is 1. The summed E-state index contributed by atoms with van der Waals surface area (Å²) in [6, 6.07) is 0. The molecule has 0 fully saturated rings. The average molecular weight is 422 g/mol. The van der Waals surface area contributed by atoms with Crippen molar-refractivity contribution < 1.29 is 4.79 Å². The molecule has 0 saturated heterocycles. The largest absolute Gasteiger partial charge is 0.351 e. The number of hydrogen-bond donors (Lipinski definition) is 2. The van der Waals surface area contributed by atoms with Gasteiger partial charge in [0.05, 0.1) is 18.8 Å². The Bertz CT molecular complexity index is 592. The Hall–Kier alpha value is -1.36. The van der Waals surface area contributed by atoms with Gasteiger partial charge < -0.3 is 15.5 Å². The molecular weight excluding hydrogens is 403 g/mol. The van der Waals surface area contributed by atoms with Crippen LogP contribution in [0.2, 0.25) is 0 Å². The molecule has 0 atom stereocenters. The zero-order valence-corrected chi connectivity index (χ0v) is 15.3. The molecule has 1 amide bonds. The van der Waals surface area contributed by atoms with Gasteiger partial charge in [0.15, 0.2) is 10.9 Å². The zero-order valence-electron chi connectivity index (χ0n) is 12.2. The summed E-state index contributed by atoms with van der Waals surface area (Å²) in [6.45, 7) is 0.773. The number of imidazole rings is 1. The van der Waals surface area contributed by atoms with Crippen LogP contribution in [0.15, 0.2) is 22.8 Å². The number of aromatic nitrogens is 2. The Morgan fingerprint density at radius 3 is 2.86 bits per heavy atom. The van der Waals surface area contributed by atoms with Crippen molar-refractivity contribution in [2.24, 2.45) is 4.99 Å². The first-order valence-electron chi connectivity index (χ1n) is 6.16. The lowest BCUT2D eigenvalue weighted by Gasteiger charge is -2.13. The van der Waals surface area contributed by atoms with Crippen molar-refractivity contribution in [2.75, 3.05) is 27.7 Å². The van der Waals surface area contributed by atoms with E-state index >= 15 is 0 Å². The van der Waals surface area contributed by atoms with E-state index in [0.717, 1.165) is 10.7 Å². The molecule has 2 aromatic heterocycles. The average Bonchev–Trinajstić information content (AvgIpc) is 2.99. The summed E-state index contributed by atoms with van der Waals surface area (Å²) >= 11 is 1.59. The number of amides is 1. The minimum absolute atomic E-state index is 0. The van der Waals surface area contributed by atoms with E-state index in [0.29, 0.717) is 12.5 Å². The van der Waals surface area contributed by atoms with Gasteiger partial charge in [0, 0.05) is 38.9 Å². The summed E-state index contributed by atoms with van der Waals surface area (Å²) in [5.41, 5.74) is 0.929. The third kappa shape index (κ3) is 4.84. The first-order chi connectivity index (χ1) is 9.60. The van der Waals surface area contributed by atoms with Crippen LogP contribution in [-0.4, -0.2) is 53.8 Å². The van der Waals surface area contributed by atoms with Crippen LogP contribution in [0.25, 0.3) is 4.96 Å². The fraction of sp³-hybridized carbons (Fsp3) is 0.417. The van der Waals surface area contributed by atoms with Crippen molar-refractivity contribution in [3.05, 3.63) is 23.5 Å². The van der Waals surface area contributed by atoms with Crippen LogP contribution in [0.5, 0.6) is 0 Å². The number of aliphatic imine (C=N–C) groups is 1. The molecule has 2 aromatic rings. The van der Waals surface area contributed by atoms with E-state index in [1.54, 1.807) is 32.5 Å². The molecule has 2 rings (SSSR count). The molecule has 2 heterocycles. The number of thiazole rings is 1. The molecule has 0 aliphatic carbocycles. The standard InChI is InChI=1S/C12H18N6OS.HI/c1-13-11(15-7-10(19)17(2)3)14-6-9-8-18-4-5-20-12(18)16-9;/h4-5,8H,6-7H2,1-3H3,(H2,13,14,15);1H. The van der Waals surface area contributed by atoms with Crippen molar-refractivity contribution in [3.8, 4) is 0 Å². The van der Waals surface area contributed by atoms with E-state index in [9.17, 15) is 4.79 Å². The van der Waals surface area contributed by atoms with Gasteiger partial charge in [0.2, 0.25) is 5.91 Å². The first kappa shape index (κ1) is 17.7. The third-order valence-corrected chi connectivity index (χ3v) is 3.48. The van der Waals surface area contributed by atoms with E-state index in [1.165, 1.54) is 4.90 Å². The molecule has 0 aliphatic rings. The Balaban J connectivity index is 0.00000220. The lowest BCUT2D eigenvalue weighted by molar-refractivity contribution is -0.127. The van der Waals surface area contributed by atoms with Crippen LogP contribution in [-0.2, 0) is 11.3 Å². The smallest absolute Gasteiger partial charge is 0.241 e. The van der Waals surface area contributed by atoms with Gasteiger partial charge in [-0.15, -0.1) is 35.3 Å². The Morgan fingerprint density at radius 2 is 2.24 bits per heavy atom. The zero-order chi connectivity index (χ0) is 14.5. The van der Waals surface area contributed by atoms with Gasteiger partial charge in [-0.2, -0.15) is 0 Å². The Morgan fingerprint density at radius 1 is 1.48 bits per heavy atom. The highest BCUT2D eigenvalue weighted by atomic mass is 127. The van der Waals surface area contributed by atoms with E-state index < -0.39 is 0 Å². The van der Waals surface area contributed by atoms with E-state index in [1.807, 2.05) is 22.2 Å². The summed E-state index contributed by atoms with van der Waals surface area (Å²) in [6.07, 6.45) is 3.94. The van der Waals surface area contributed by atoms with Crippen molar-refractivity contribution in [2.45, 2.75) is 6.54 Å². The molecule has 2 N–H and O–H groups in total. The minimum Gasteiger partial charge on any atom is -0.351 e. The molecule has 116 valence electrons. The Kier molecular flexibility index (Phi) is 6.89. The van der Waals surface area contributed by atoms with E-state index in [4.69, 9.17) is 0 Å². The summed E-state index contributed by atoms with van der Waals surface area (Å²) in [4.78, 5) is 22.5. The number of guanidine groups is 1. The predicted octanol–water partition coefficient (Wildman–Crippen LogP) is 0.767. The van der Waals surface area contributed by atoms with Gasteiger partial charge in [0.25, 0.3) is 0 Å². The summed E-state index contributed by atoms with van der Waals surface area (Å²) < 4.78 is 1.98. The highest BCUT2D eigenvalue weighted by Crippen LogP contribution is 2.10. The number of rotatable bonds is 4. The third-order valence-electron chi connectivity index (χ3n) is 2.71. The molecule has 7 nitrogen and oxygen atoms in total. The highest BCUT2D eigenvalue weighted by Gasteiger charge is 2.06. The van der Waals surface area contributed by atoms with Crippen LogP contribution in [0, 0.1) is 0 Å². The van der Waals surface area contributed by atoms with Gasteiger partial charge in [-0.25, -0.2) is 4.98 Å². The Labute approximate surface area is 144 Å². The van der Waals surface area contributed by atoms with Gasteiger partial charge in [0.1, 0.15) is 0 Å². The van der Waals surface area contributed by atoms with Crippen molar-refractivity contribution in [3.63, 3.8) is 0 Å². The van der Waals surface area contributed by atoms with Crippen LogP contribution in [0.4, 0.5) is 0 Å². The van der Waals surface area contributed by atoms with Gasteiger partial charge in [-0.3, -0.25) is 14.2 Å². The molecule has 0 radical (unpaired) electrons. The van der Waals surface area contributed by atoms with E-state index in [-0.39, 0.29) is 36.4 Å². The molecule has 0 spiro atoms. The second kappa shape index (κ2) is 8.17. The van der Waals surface area contributed by atoms with Crippen molar-refractivity contribution in [1.29, 1.82) is 0 Å². The topological polar surface area (TPSA) is 74.0 Å². The first-order valence-corrected chi connectivity index (χ1v) is 7.04. The maximum Gasteiger partial charge on any atom is 0.241 e. The lowest BCUT2D eigenvalue weighted by Crippen LogP contribution is -2.42. The normalized spacial score (nSPS) is 11.1. The monoisotopic (exact) mass is 422 g/mol. The van der Waals surface area contributed by atoms with Crippen LogP contribution in [0.1, 0.15) is 5.69 Å². The molecule has 9 heteroatoms. The molecule has 0 saturated carbocycles. The van der Waals surface area contributed by atoms with E-state index in [2.05, 4.69) is 20.6 Å². The van der Waals surface area contributed by atoms with Crippen molar-refractivity contribution >= 4 is 52.1 Å². The minimum atomic E-state index is -0.00421. The molecule has 0 unspecified atom stereocenters. The number of carbonyl (C=O) groups excluding carboxylic acids is 1. The van der Waals surface area contributed by atoms with Crippen LogP contribution >= 0.6 is 35.3 Å². The molecule has 0 aromatic carbocycles. The summed E-state index contributed by atoms with van der Waals surface area (Å²) in [5, 5.41) is 8.08. The number of nitrogens with zero attached hydrogens (tertiary/aromatic N) is 4. The number of halogens is 1. The summed E-state index contributed by atoms with van der Waals surface area (Å²) in [5.74, 6) is 0.576. The van der Waals surface area contributed by atoms with Gasteiger partial charge in [-0.1, -0.05) is 0 Å². The highest BCUT2D eigenvalue weighted by molar-refractivity contribution is 14.0. The fourth-order valence-corrected chi connectivity index (χ4v) is 2.29. The predicted molar refractivity (Wildman–Crippen MR) is 95.4 cm³/mol. The maximum absolute atomic E-state index is 11.5. The maximum atomic E-state index is 11.5. The van der Waals surface area contributed by atoms with Gasteiger partial charge >= 0.3 is 0 Å². The molecule has 0 aliphatic heterocycles. The van der Waals surface area contributed by atoms with Crippen LogP contribution < -0.4 is 10.6 Å². The van der Waals surface area contributed by atoms with Crippen LogP contribution in [0.3, 0.4) is 0 Å². The molecular formula is C12H19IN6OS. The molecule has 21 heavy (non-hydrogen) atoms. The number of likely N-dealkylation sites (N-methyl/N-ethyl adjacent to an activating group) is 1.